The first-order valence-corrected chi connectivity index (χ1v) is 6.35. The monoisotopic (exact) mass is 289 g/mol. The summed E-state index contributed by atoms with van der Waals surface area (Å²) < 4.78 is 4.98. The number of aromatic nitrogens is 1. The molecule has 20 heavy (non-hydrogen) atoms. The topological polar surface area (TPSA) is 56.3 Å². The van der Waals surface area contributed by atoms with Crippen LogP contribution in [0.2, 0.25) is 5.15 Å². The van der Waals surface area contributed by atoms with E-state index in [0.717, 1.165) is 5.56 Å². The summed E-state index contributed by atoms with van der Waals surface area (Å²) in [5.74, 6) is -0.119. The Kier molecular flexibility index (Phi) is 4.48. The smallest absolute Gasteiger partial charge is 0.308 e. The average molecular weight is 290 g/mol. The summed E-state index contributed by atoms with van der Waals surface area (Å²) in [4.78, 5) is 26.9. The summed E-state index contributed by atoms with van der Waals surface area (Å²) in [5.41, 5.74) is 1.13. The highest BCUT2D eigenvalue weighted by atomic mass is 35.5. The Bertz CT molecular complexity index is 655. The fraction of sp³-hybridized carbons (Fsp3) is 0.133. The second-order valence-corrected chi connectivity index (χ2v) is 4.54. The molecule has 0 aliphatic carbocycles. The number of carbonyl (C=O) groups is 2. The Morgan fingerprint density at radius 2 is 2.05 bits per heavy atom. The number of esters is 1. The molecule has 0 bridgehead atoms. The van der Waals surface area contributed by atoms with Crippen molar-refractivity contribution in [2.45, 2.75) is 13.3 Å². The van der Waals surface area contributed by atoms with Crippen molar-refractivity contribution in [3.8, 4) is 5.75 Å². The summed E-state index contributed by atoms with van der Waals surface area (Å²) >= 11 is 5.88. The van der Waals surface area contributed by atoms with Gasteiger partial charge in [0.15, 0.2) is 5.78 Å². The standard InChI is InChI=1S/C15H12ClNO3/c1-10(18)20-12-5-2-4-11(8-12)9-14(19)13-6-3-7-17-15(13)16/h2-8H,9H2,1H3. The highest BCUT2D eigenvalue weighted by Gasteiger charge is 2.12. The molecule has 2 rings (SSSR count). The number of ether oxygens (including phenoxy) is 1. The minimum absolute atomic E-state index is 0.136. The third-order valence-corrected chi connectivity index (χ3v) is 2.89. The number of hydrogen-bond acceptors (Lipinski definition) is 4. The molecule has 0 amide bonds. The lowest BCUT2D eigenvalue weighted by atomic mass is 10.0. The molecule has 0 saturated carbocycles. The van der Waals surface area contributed by atoms with E-state index in [-0.39, 0.29) is 17.4 Å². The molecule has 0 unspecified atom stereocenters. The van der Waals surface area contributed by atoms with Crippen LogP contribution in [0.15, 0.2) is 42.6 Å². The van der Waals surface area contributed by atoms with Crippen LogP contribution in [0.5, 0.6) is 5.75 Å². The lowest BCUT2D eigenvalue weighted by Gasteiger charge is -2.05. The number of benzene rings is 1. The number of rotatable bonds is 4. The van der Waals surface area contributed by atoms with Crippen molar-refractivity contribution in [3.63, 3.8) is 0 Å². The zero-order valence-electron chi connectivity index (χ0n) is 10.8. The van der Waals surface area contributed by atoms with Gasteiger partial charge < -0.3 is 4.74 Å². The van der Waals surface area contributed by atoms with Crippen molar-refractivity contribution in [1.82, 2.24) is 4.98 Å². The fourth-order valence-corrected chi connectivity index (χ4v) is 1.98. The third kappa shape index (κ3) is 3.65. The van der Waals surface area contributed by atoms with Crippen LogP contribution in [0.1, 0.15) is 22.8 Å². The molecular weight excluding hydrogens is 278 g/mol. The number of nitrogens with zero attached hydrogens (tertiary/aromatic N) is 1. The zero-order valence-corrected chi connectivity index (χ0v) is 11.6. The summed E-state index contributed by atoms with van der Waals surface area (Å²) in [6, 6.07) is 10.1. The molecule has 0 aliphatic heterocycles. The molecule has 102 valence electrons. The number of ketones is 1. The molecular formula is C15H12ClNO3. The van der Waals surface area contributed by atoms with Gasteiger partial charge in [-0.1, -0.05) is 23.7 Å². The van der Waals surface area contributed by atoms with Gasteiger partial charge in [0.05, 0.1) is 5.56 Å². The molecule has 0 fully saturated rings. The normalized spacial score (nSPS) is 10.1. The van der Waals surface area contributed by atoms with E-state index in [1.807, 2.05) is 0 Å². The van der Waals surface area contributed by atoms with Crippen LogP contribution < -0.4 is 4.74 Å². The maximum Gasteiger partial charge on any atom is 0.308 e. The van der Waals surface area contributed by atoms with Crippen molar-refractivity contribution in [1.29, 1.82) is 0 Å². The van der Waals surface area contributed by atoms with Crippen LogP contribution >= 0.6 is 11.6 Å². The molecule has 2 aromatic rings. The lowest BCUT2D eigenvalue weighted by Crippen LogP contribution is -2.06. The van der Waals surface area contributed by atoms with Crippen LogP contribution in [0.4, 0.5) is 0 Å². The largest absolute Gasteiger partial charge is 0.427 e. The molecule has 4 nitrogen and oxygen atoms in total. The number of halogens is 1. The minimum Gasteiger partial charge on any atom is -0.427 e. The van der Waals surface area contributed by atoms with Gasteiger partial charge in [-0.25, -0.2) is 4.98 Å². The average Bonchev–Trinajstić information content (AvgIpc) is 2.38. The van der Waals surface area contributed by atoms with Gasteiger partial charge in [0.25, 0.3) is 0 Å². The molecule has 0 spiro atoms. The lowest BCUT2D eigenvalue weighted by molar-refractivity contribution is -0.131. The summed E-state index contributed by atoms with van der Waals surface area (Å²) in [6.45, 7) is 1.33. The summed E-state index contributed by atoms with van der Waals surface area (Å²) in [5, 5.41) is 0.189. The quantitative estimate of drug-likeness (QED) is 0.376. The molecule has 1 heterocycles. The second kappa shape index (κ2) is 6.30. The Hall–Kier alpha value is -2.20. The molecule has 0 radical (unpaired) electrons. The van der Waals surface area contributed by atoms with E-state index in [1.54, 1.807) is 36.4 Å². The second-order valence-electron chi connectivity index (χ2n) is 4.18. The predicted octanol–water partition coefficient (Wildman–Crippen LogP) is 3.09. The Morgan fingerprint density at radius 3 is 2.75 bits per heavy atom. The Labute approximate surface area is 121 Å². The number of hydrogen-bond donors (Lipinski definition) is 0. The number of pyridine rings is 1. The molecule has 5 heteroatoms. The SMILES string of the molecule is CC(=O)Oc1cccc(CC(=O)c2cccnc2Cl)c1. The van der Waals surface area contributed by atoms with Gasteiger partial charge in [-0.05, 0) is 29.8 Å². The molecule has 1 aromatic heterocycles. The van der Waals surface area contributed by atoms with Crippen LogP contribution in [-0.2, 0) is 11.2 Å². The van der Waals surface area contributed by atoms with E-state index in [2.05, 4.69) is 4.98 Å². The van der Waals surface area contributed by atoms with Gasteiger partial charge >= 0.3 is 5.97 Å². The van der Waals surface area contributed by atoms with E-state index in [4.69, 9.17) is 16.3 Å². The van der Waals surface area contributed by atoms with Crippen LogP contribution in [0, 0.1) is 0 Å². The summed E-state index contributed by atoms with van der Waals surface area (Å²) in [6.07, 6.45) is 1.70. The molecule has 0 atom stereocenters. The van der Waals surface area contributed by atoms with E-state index in [1.165, 1.54) is 13.1 Å². The van der Waals surface area contributed by atoms with Gasteiger partial charge in [0.2, 0.25) is 0 Å². The maximum atomic E-state index is 12.1. The van der Waals surface area contributed by atoms with Crippen molar-refractivity contribution in [2.75, 3.05) is 0 Å². The van der Waals surface area contributed by atoms with Crippen molar-refractivity contribution in [2.24, 2.45) is 0 Å². The Morgan fingerprint density at radius 1 is 1.25 bits per heavy atom. The third-order valence-electron chi connectivity index (χ3n) is 2.58. The van der Waals surface area contributed by atoms with Crippen LogP contribution in [-0.4, -0.2) is 16.7 Å². The molecule has 1 aromatic carbocycles. The van der Waals surface area contributed by atoms with E-state index in [9.17, 15) is 9.59 Å². The van der Waals surface area contributed by atoms with Crippen molar-refractivity contribution < 1.29 is 14.3 Å². The van der Waals surface area contributed by atoms with Crippen LogP contribution in [0.3, 0.4) is 0 Å². The fourth-order valence-electron chi connectivity index (χ4n) is 1.76. The minimum atomic E-state index is -0.399. The summed E-state index contributed by atoms with van der Waals surface area (Å²) in [7, 11) is 0. The van der Waals surface area contributed by atoms with E-state index >= 15 is 0 Å². The van der Waals surface area contributed by atoms with Gasteiger partial charge in [-0.15, -0.1) is 0 Å². The van der Waals surface area contributed by atoms with Gasteiger partial charge in [0.1, 0.15) is 10.9 Å². The number of Topliss-reactive ketones (excluding diaryl/α,β-unsaturated/α-hetero) is 1. The van der Waals surface area contributed by atoms with Crippen LogP contribution in [0.25, 0.3) is 0 Å². The predicted molar refractivity (Wildman–Crippen MR) is 75.0 cm³/mol. The molecule has 0 aliphatic rings. The van der Waals surface area contributed by atoms with Crippen molar-refractivity contribution in [3.05, 3.63) is 58.9 Å². The molecule has 0 saturated heterocycles. The van der Waals surface area contributed by atoms with Gasteiger partial charge in [-0.3, -0.25) is 9.59 Å². The van der Waals surface area contributed by atoms with Gasteiger partial charge in [-0.2, -0.15) is 0 Å². The zero-order chi connectivity index (χ0) is 14.5. The highest BCUT2D eigenvalue weighted by molar-refractivity contribution is 6.32. The Balaban J connectivity index is 2.16. The van der Waals surface area contributed by atoms with Crippen molar-refractivity contribution >= 4 is 23.4 Å². The maximum absolute atomic E-state index is 12.1. The first-order valence-electron chi connectivity index (χ1n) is 5.97. The first-order chi connectivity index (χ1) is 9.56. The number of carbonyl (C=O) groups excluding carboxylic acids is 2. The highest BCUT2D eigenvalue weighted by Crippen LogP contribution is 2.18. The first kappa shape index (κ1) is 14.2. The van der Waals surface area contributed by atoms with E-state index < -0.39 is 5.97 Å². The molecule has 0 N–H and O–H groups in total. The van der Waals surface area contributed by atoms with E-state index in [0.29, 0.717) is 11.3 Å². The van der Waals surface area contributed by atoms with Gasteiger partial charge in [0, 0.05) is 19.5 Å².